The predicted molar refractivity (Wildman–Crippen MR) is 74.4 cm³/mol. The molecule has 0 aliphatic carbocycles. The molecule has 0 saturated carbocycles. The van der Waals surface area contributed by atoms with Gasteiger partial charge in [-0.3, -0.25) is 10.1 Å². The zero-order valence-electron chi connectivity index (χ0n) is 9.58. The summed E-state index contributed by atoms with van der Waals surface area (Å²) in [7, 11) is 0. The van der Waals surface area contributed by atoms with Gasteiger partial charge in [-0.15, -0.1) is 0 Å². The molecule has 0 heterocycles. The summed E-state index contributed by atoms with van der Waals surface area (Å²) in [4.78, 5) is 12.2. The first-order chi connectivity index (χ1) is 8.66. The van der Waals surface area contributed by atoms with E-state index in [1.165, 1.54) is 23.9 Å². The van der Waals surface area contributed by atoms with Crippen molar-refractivity contribution in [2.75, 3.05) is 0 Å². The van der Waals surface area contributed by atoms with E-state index in [0.29, 0.717) is 0 Å². The van der Waals surface area contributed by atoms with Gasteiger partial charge in [-0.05, 0) is 17.7 Å². The minimum absolute atomic E-state index is 0.0855. The molecule has 0 saturated heterocycles. The summed E-state index contributed by atoms with van der Waals surface area (Å²) < 4.78 is 0. The second kappa shape index (κ2) is 5.51. The maximum Gasteiger partial charge on any atom is 0.270 e. The average molecular weight is 257 g/mol. The van der Waals surface area contributed by atoms with Crippen molar-refractivity contribution in [1.82, 2.24) is 0 Å². The van der Waals surface area contributed by atoms with Crippen LogP contribution in [0.4, 0.5) is 5.69 Å². The highest BCUT2D eigenvalue weighted by atomic mass is 32.2. The Hall–Kier alpha value is -2.07. The van der Waals surface area contributed by atoms with Gasteiger partial charge in [0.15, 0.2) is 0 Å². The van der Waals surface area contributed by atoms with Crippen molar-refractivity contribution in [3.63, 3.8) is 0 Å². The monoisotopic (exact) mass is 257 g/mol. The van der Waals surface area contributed by atoms with E-state index < -0.39 is 4.92 Å². The molecule has 0 aliphatic rings. The summed E-state index contributed by atoms with van der Waals surface area (Å²) in [5.41, 5.74) is 0.861. The van der Waals surface area contributed by atoms with Crippen LogP contribution in [0.5, 0.6) is 0 Å². The summed E-state index contributed by atoms with van der Waals surface area (Å²) in [5.74, 6) is 0. The third-order valence-electron chi connectivity index (χ3n) is 2.36. The van der Waals surface area contributed by atoms with Crippen molar-refractivity contribution < 1.29 is 4.92 Å². The van der Waals surface area contributed by atoms with Gasteiger partial charge in [-0.1, -0.05) is 48.7 Å². The number of nitro benzene ring substituents is 1. The van der Waals surface area contributed by atoms with Crippen LogP contribution in [0.1, 0.15) is 5.56 Å². The van der Waals surface area contributed by atoms with Crippen molar-refractivity contribution >= 4 is 22.4 Å². The number of benzene rings is 2. The van der Waals surface area contributed by atoms with Crippen LogP contribution in [0.2, 0.25) is 0 Å². The second-order valence-electron chi connectivity index (χ2n) is 3.65. The molecule has 3 nitrogen and oxygen atoms in total. The summed E-state index contributed by atoms with van der Waals surface area (Å²) in [6, 6.07) is 16.3. The Morgan fingerprint density at radius 2 is 1.83 bits per heavy atom. The third-order valence-corrected chi connectivity index (χ3v) is 3.35. The lowest BCUT2D eigenvalue weighted by molar-refractivity contribution is -0.384. The number of rotatable bonds is 4. The molecule has 0 spiro atoms. The van der Waals surface area contributed by atoms with E-state index in [1.807, 2.05) is 36.4 Å². The fourth-order valence-corrected chi connectivity index (χ4v) is 2.31. The van der Waals surface area contributed by atoms with Crippen LogP contribution in [0, 0.1) is 10.1 Å². The van der Waals surface area contributed by atoms with Crippen molar-refractivity contribution in [3.8, 4) is 0 Å². The number of hydrogen-bond acceptors (Lipinski definition) is 3. The lowest BCUT2D eigenvalue weighted by Gasteiger charge is -2.05. The largest absolute Gasteiger partial charge is 0.270 e. The standard InChI is InChI=1S/C14H11NO2S/c1-11(18-14-8-3-2-4-9-14)12-6-5-7-13(10-12)15(16)17/h2-10H,1H2. The molecule has 0 atom stereocenters. The van der Waals surface area contributed by atoms with E-state index in [1.54, 1.807) is 6.07 Å². The first kappa shape index (κ1) is 12.4. The van der Waals surface area contributed by atoms with Crippen molar-refractivity contribution in [2.45, 2.75) is 4.90 Å². The third kappa shape index (κ3) is 2.99. The smallest absolute Gasteiger partial charge is 0.258 e. The van der Waals surface area contributed by atoms with E-state index in [9.17, 15) is 10.1 Å². The Balaban J connectivity index is 2.19. The van der Waals surface area contributed by atoms with Gasteiger partial charge in [0, 0.05) is 21.9 Å². The van der Waals surface area contributed by atoms with Crippen LogP contribution in [0.3, 0.4) is 0 Å². The van der Waals surface area contributed by atoms with E-state index >= 15 is 0 Å². The molecular weight excluding hydrogens is 246 g/mol. The van der Waals surface area contributed by atoms with Gasteiger partial charge in [0.1, 0.15) is 0 Å². The summed E-state index contributed by atoms with van der Waals surface area (Å²) in [6.45, 7) is 3.96. The lowest BCUT2D eigenvalue weighted by Crippen LogP contribution is -1.88. The molecule has 2 aromatic rings. The highest BCUT2D eigenvalue weighted by Gasteiger charge is 2.08. The molecule has 0 N–H and O–H groups in total. The number of nitro groups is 1. The molecular formula is C14H11NO2S. The zero-order valence-corrected chi connectivity index (χ0v) is 10.4. The normalized spacial score (nSPS) is 10.0. The number of non-ortho nitro benzene ring substituents is 1. The van der Waals surface area contributed by atoms with Crippen molar-refractivity contribution in [1.29, 1.82) is 0 Å². The molecule has 0 radical (unpaired) electrons. The average Bonchev–Trinajstić information content (AvgIpc) is 2.40. The number of nitrogens with zero attached hydrogens (tertiary/aromatic N) is 1. The first-order valence-electron chi connectivity index (χ1n) is 5.33. The highest BCUT2D eigenvalue weighted by Crippen LogP contribution is 2.33. The summed E-state index contributed by atoms with van der Waals surface area (Å²) in [5, 5.41) is 10.7. The number of hydrogen-bond donors (Lipinski definition) is 0. The van der Waals surface area contributed by atoms with Gasteiger partial charge in [0.2, 0.25) is 0 Å². The van der Waals surface area contributed by atoms with Gasteiger partial charge in [-0.2, -0.15) is 0 Å². The molecule has 4 heteroatoms. The predicted octanol–water partition coefficient (Wildman–Crippen LogP) is 4.36. The van der Waals surface area contributed by atoms with E-state index in [4.69, 9.17) is 0 Å². The maximum absolute atomic E-state index is 10.7. The molecule has 18 heavy (non-hydrogen) atoms. The summed E-state index contributed by atoms with van der Waals surface area (Å²) >= 11 is 1.50. The van der Waals surface area contributed by atoms with E-state index in [0.717, 1.165) is 15.4 Å². The molecule has 0 fully saturated rings. The van der Waals surface area contributed by atoms with Crippen LogP contribution in [-0.4, -0.2) is 4.92 Å². The minimum atomic E-state index is -0.399. The molecule has 0 bridgehead atoms. The SMILES string of the molecule is C=C(Sc1ccccc1)c1cccc([N+](=O)[O-])c1. The topological polar surface area (TPSA) is 43.1 Å². The lowest BCUT2D eigenvalue weighted by atomic mass is 10.2. The summed E-state index contributed by atoms with van der Waals surface area (Å²) in [6.07, 6.45) is 0. The number of thioether (sulfide) groups is 1. The van der Waals surface area contributed by atoms with Gasteiger partial charge < -0.3 is 0 Å². The Bertz CT molecular complexity index is 581. The Kier molecular flexibility index (Phi) is 3.79. The molecule has 0 amide bonds. The first-order valence-corrected chi connectivity index (χ1v) is 6.15. The van der Waals surface area contributed by atoms with Crippen molar-refractivity contribution in [3.05, 3.63) is 76.9 Å². The minimum Gasteiger partial charge on any atom is -0.258 e. The molecule has 0 aromatic heterocycles. The Labute approximate surface area is 109 Å². The molecule has 0 unspecified atom stereocenters. The van der Waals surface area contributed by atoms with Gasteiger partial charge in [0.05, 0.1) is 4.92 Å². The quantitative estimate of drug-likeness (QED) is 0.464. The maximum atomic E-state index is 10.7. The van der Waals surface area contributed by atoms with Gasteiger partial charge >= 0.3 is 0 Å². The van der Waals surface area contributed by atoms with Crippen LogP contribution in [-0.2, 0) is 0 Å². The van der Waals surface area contributed by atoms with E-state index in [-0.39, 0.29) is 5.69 Å². The zero-order chi connectivity index (χ0) is 13.0. The highest BCUT2D eigenvalue weighted by molar-refractivity contribution is 8.08. The van der Waals surface area contributed by atoms with Gasteiger partial charge in [0.25, 0.3) is 5.69 Å². The second-order valence-corrected chi connectivity index (χ2v) is 4.81. The fraction of sp³-hybridized carbons (Fsp3) is 0. The van der Waals surface area contributed by atoms with Crippen LogP contribution in [0.15, 0.2) is 66.1 Å². The van der Waals surface area contributed by atoms with Crippen LogP contribution in [0.25, 0.3) is 4.91 Å². The van der Waals surface area contributed by atoms with Gasteiger partial charge in [-0.25, -0.2) is 0 Å². The Morgan fingerprint density at radius 3 is 2.50 bits per heavy atom. The molecule has 2 rings (SSSR count). The Morgan fingerprint density at radius 1 is 1.11 bits per heavy atom. The van der Waals surface area contributed by atoms with Crippen LogP contribution < -0.4 is 0 Å². The van der Waals surface area contributed by atoms with Crippen molar-refractivity contribution in [2.24, 2.45) is 0 Å². The molecule has 2 aromatic carbocycles. The van der Waals surface area contributed by atoms with Crippen LogP contribution >= 0.6 is 11.8 Å². The van der Waals surface area contributed by atoms with E-state index in [2.05, 4.69) is 6.58 Å². The molecule has 90 valence electrons. The fourth-order valence-electron chi connectivity index (χ4n) is 1.48. The molecule has 0 aliphatic heterocycles.